The van der Waals surface area contributed by atoms with Gasteiger partial charge >= 0.3 is 0 Å². The third-order valence-corrected chi connectivity index (χ3v) is 3.55. The lowest BCUT2D eigenvalue weighted by Crippen LogP contribution is -2.42. The molecule has 0 atom stereocenters. The summed E-state index contributed by atoms with van der Waals surface area (Å²) in [6.07, 6.45) is 7.21. The predicted molar refractivity (Wildman–Crippen MR) is 63.5 cm³/mol. The van der Waals surface area contributed by atoms with Crippen LogP contribution in [0.1, 0.15) is 59.8 Å². The molecular weight excluding hydrogens is 170 g/mol. The zero-order valence-electron chi connectivity index (χ0n) is 10.4. The van der Waals surface area contributed by atoms with E-state index in [1.54, 1.807) is 0 Å². The molecule has 0 bridgehead atoms. The summed E-state index contributed by atoms with van der Waals surface area (Å²) >= 11 is 0. The van der Waals surface area contributed by atoms with Crippen molar-refractivity contribution in [1.82, 2.24) is 5.32 Å². The van der Waals surface area contributed by atoms with Crippen LogP contribution in [-0.2, 0) is 0 Å². The molecule has 0 unspecified atom stereocenters. The second-order valence-electron chi connectivity index (χ2n) is 5.82. The molecule has 14 heavy (non-hydrogen) atoms. The van der Waals surface area contributed by atoms with Gasteiger partial charge in [-0.1, -0.05) is 40.5 Å². The van der Waals surface area contributed by atoms with Crippen LogP contribution in [0, 0.1) is 11.3 Å². The third kappa shape index (κ3) is 3.61. The molecule has 0 spiro atoms. The molecule has 0 aromatic heterocycles. The first-order chi connectivity index (χ1) is 6.54. The van der Waals surface area contributed by atoms with Crippen LogP contribution in [-0.4, -0.2) is 12.6 Å². The fourth-order valence-electron chi connectivity index (χ4n) is 2.21. The summed E-state index contributed by atoms with van der Waals surface area (Å²) in [5, 5.41) is 3.61. The SMILES string of the molecule is CC(C)CCC1(CNC(C)C)CCC1. The highest BCUT2D eigenvalue weighted by Crippen LogP contribution is 2.44. The van der Waals surface area contributed by atoms with Gasteiger partial charge in [-0.25, -0.2) is 0 Å². The van der Waals surface area contributed by atoms with Crippen molar-refractivity contribution in [1.29, 1.82) is 0 Å². The molecule has 0 aliphatic heterocycles. The van der Waals surface area contributed by atoms with Crippen molar-refractivity contribution in [3.05, 3.63) is 0 Å². The van der Waals surface area contributed by atoms with Gasteiger partial charge in [-0.05, 0) is 30.6 Å². The molecule has 84 valence electrons. The Morgan fingerprint density at radius 1 is 1.14 bits per heavy atom. The van der Waals surface area contributed by atoms with Gasteiger partial charge in [0.15, 0.2) is 0 Å². The molecular formula is C13H27N. The summed E-state index contributed by atoms with van der Waals surface area (Å²) in [6, 6.07) is 0.645. The van der Waals surface area contributed by atoms with Crippen LogP contribution < -0.4 is 5.32 Å². The number of rotatable bonds is 6. The summed E-state index contributed by atoms with van der Waals surface area (Å²) in [4.78, 5) is 0. The van der Waals surface area contributed by atoms with Crippen molar-refractivity contribution in [3.63, 3.8) is 0 Å². The molecule has 0 heterocycles. The summed E-state index contributed by atoms with van der Waals surface area (Å²) in [5.74, 6) is 0.867. The molecule has 0 aromatic rings. The smallest absolute Gasteiger partial charge is 0.00106 e. The Balaban J connectivity index is 2.26. The quantitative estimate of drug-likeness (QED) is 0.686. The Hall–Kier alpha value is -0.0400. The molecule has 0 radical (unpaired) electrons. The first-order valence-corrected chi connectivity index (χ1v) is 6.27. The maximum Gasteiger partial charge on any atom is 0.00106 e. The van der Waals surface area contributed by atoms with Gasteiger partial charge in [0.05, 0.1) is 0 Å². The lowest BCUT2D eigenvalue weighted by atomic mass is 9.65. The topological polar surface area (TPSA) is 12.0 Å². The van der Waals surface area contributed by atoms with E-state index in [0.717, 1.165) is 5.92 Å². The van der Waals surface area contributed by atoms with E-state index in [2.05, 4.69) is 33.0 Å². The van der Waals surface area contributed by atoms with E-state index in [-0.39, 0.29) is 0 Å². The van der Waals surface area contributed by atoms with Crippen LogP contribution in [0.5, 0.6) is 0 Å². The van der Waals surface area contributed by atoms with Crippen LogP contribution in [0.15, 0.2) is 0 Å². The average molecular weight is 197 g/mol. The average Bonchev–Trinajstić information content (AvgIpc) is 2.01. The minimum Gasteiger partial charge on any atom is -0.314 e. The van der Waals surface area contributed by atoms with Crippen molar-refractivity contribution in [2.75, 3.05) is 6.54 Å². The minimum absolute atomic E-state index is 0.645. The Morgan fingerprint density at radius 3 is 2.14 bits per heavy atom. The molecule has 1 N–H and O–H groups in total. The van der Waals surface area contributed by atoms with E-state index >= 15 is 0 Å². The first kappa shape index (κ1) is 12.0. The molecule has 0 saturated heterocycles. The molecule has 0 aromatic carbocycles. The van der Waals surface area contributed by atoms with Crippen LogP contribution in [0.2, 0.25) is 0 Å². The highest BCUT2D eigenvalue weighted by Gasteiger charge is 2.36. The summed E-state index contributed by atoms with van der Waals surface area (Å²) in [6.45, 7) is 10.4. The molecule has 1 saturated carbocycles. The summed E-state index contributed by atoms with van der Waals surface area (Å²) < 4.78 is 0. The van der Waals surface area contributed by atoms with Gasteiger partial charge < -0.3 is 5.32 Å². The largest absolute Gasteiger partial charge is 0.314 e. The van der Waals surface area contributed by atoms with Gasteiger partial charge in [0.25, 0.3) is 0 Å². The van der Waals surface area contributed by atoms with E-state index in [9.17, 15) is 0 Å². The van der Waals surface area contributed by atoms with Crippen LogP contribution in [0.25, 0.3) is 0 Å². The monoisotopic (exact) mass is 197 g/mol. The Kier molecular flexibility index (Phi) is 4.43. The molecule has 1 fully saturated rings. The Morgan fingerprint density at radius 2 is 1.79 bits per heavy atom. The fraction of sp³-hybridized carbons (Fsp3) is 1.00. The van der Waals surface area contributed by atoms with E-state index < -0.39 is 0 Å². The lowest BCUT2D eigenvalue weighted by Gasteiger charge is -2.43. The molecule has 1 heteroatoms. The van der Waals surface area contributed by atoms with Crippen molar-refractivity contribution >= 4 is 0 Å². The highest BCUT2D eigenvalue weighted by atomic mass is 14.9. The summed E-state index contributed by atoms with van der Waals surface area (Å²) in [7, 11) is 0. The lowest BCUT2D eigenvalue weighted by molar-refractivity contribution is 0.105. The van der Waals surface area contributed by atoms with E-state index in [0.29, 0.717) is 11.5 Å². The van der Waals surface area contributed by atoms with Crippen LogP contribution in [0.3, 0.4) is 0 Å². The molecule has 1 aliphatic rings. The van der Waals surface area contributed by atoms with Gasteiger partial charge in [0.2, 0.25) is 0 Å². The van der Waals surface area contributed by atoms with Crippen molar-refractivity contribution in [2.24, 2.45) is 11.3 Å². The van der Waals surface area contributed by atoms with Crippen LogP contribution in [0.4, 0.5) is 0 Å². The zero-order chi connectivity index (χ0) is 10.6. The van der Waals surface area contributed by atoms with Crippen molar-refractivity contribution in [3.8, 4) is 0 Å². The number of nitrogens with one attached hydrogen (secondary N) is 1. The molecule has 1 rings (SSSR count). The van der Waals surface area contributed by atoms with Gasteiger partial charge in [-0.15, -0.1) is 0 Å². The van der Waals surface area contributed by atoms with Crippen molar-refractivity contribution < 1.29 is 0 Å². The first-order valence-electron chi connectivity index (χ1n) is 6.27. The third-order valence-electron chi connectivity index (χ3n) is 3.55. The Labute approximate surface area is 89.7 Å². The van der Waals surface area contributed by atoms with E-state index in [1.165, 1.54) is 38.6 Å². The molecule has 1 aliphatic carbocycles. The maximum absolute atomic E-state index is 3.61. The van der Waals surface area contributed by atoms with E-state index in [1.807, 2.05) is 0 Å². The van der Waals surface area contributed by atoms with Gasteiger partial charge in [-0.3, -0.25) is 0 Å². The van der Waals surface area contributed by atoms with Gasteiger partial charge in [0, 0.05) is 12.6 Å². The normalized spacial score (nSPS) is 20.1. The van der Waals surface area contributed by atoms with Crippen LogP contribution >= 0.6 is 0 Å². The number of hydrogen-bond acceptors (Lipinski definition) is 1. The zero-order valence-corrected chi connectivity index (χ0v) is 10.4. The summed E-state index contributed by atoms with van der Waals surface area (Å²) in [5.41, 5.74) is 0.675. The predicted octanol–water partition coefficient (Wildman–Crippen LogP) is 3.59. The molecule has 1 nitrogen and oxygen atoms in total. The maximum atomic E-state index is 3.61. The van der Waals surface area contributed by atoms with Crippen molar-refractivity contribution in [2.45, 2.75) is 65.8 Å². The van der Waals surface area contributed by atoms with Gasteiger partial charge in [0.1, 0.15) is 0 Å². The second kappa shape index (κ2) is 5.16. The second-order valence-corrected chi connectivity index (χ2v) is 5.82. The van der Waals surface area contributed by atoms with Gasteiger partial charge in [-0.2, -0.15) is 0 Å². The minimum atomic E-state index is 0.645. The fourth-order valence-corrected chi connectivity index (χ4v) is 2.21. The Bertz CT molecular complexity index is 143. The highest BCUT2D eigenvalue weighted by molar-refractivity contribution is 4.90. The standard InChI is InChI=1S/C13H27N/c1-11(2)6-9-13(7-5-8-13)10-14-12(3)4/h11-12,14H,5-10H2,1-4H3. The molecule has 0 amide bonds. The van der Waals surface area contributed by atoms with E-state index in [4.69, 9.17) is 0 Å². The number of hydrogen-bond donors (Lipinski definition) is 1.